The minimum Gasteiger partial charge on any atom is -0.346 e. The van der Waals surface area contributed by atoms with Gasteiger partial charge >= 0.3 is 0 Å². The predicted molar refractivity (Wildman–Crippen MR) is 62.3 cm³/mol. The average molecular weight is 233 g/mol. The van der Waals surface area contributed by atoms with Gasteiger partial charge in [0.1, 0.15) is 0 Å². The second-order valence-electron chi connectivity index (χ2n) is 3.93. The molecule has 6 nitrogen and oxygen atoms in total. The molecule has 2 heterocycles. The van der Waals surface area contributed by atoms with Crippen LogP contribution < -0.4 is 5.32 Å². The van der Waals surface area contributed by atoms with Crippen molar-refractivity contribution in [2.45, 2.75) is 13.5 Å². The molecule has 2 aromatic heterocycles. The summed E-state index contributed by atoms with van der Waals surface area (Å²) in [6, 6.07) is 1.87. The Morgan fingerprint density at radius 2 is 2.24 bits per heavy atom. The fourth-order valence-corrected chi connectivity index (χ4v) is 1.55. The molecule has 0 radical (unpaired) electrons. The van der Waals surface area contributed by atoms with Gasteiger partial charge in [-0.15, -0.1) is 0 Å². The molecule has 0 aliphatic rings. The molecular formula is C11H15N5O. The van der Waals surface area contributed by atoms with Crippen molar-refractivity contribution in [2.75, 3.05) is 0 Å². The molecule has 6 heteroatoms. The lowest BCUT2D eigenvalue weighted by Gasteiger charge is -2.02. The van der Waals surface area contributed by atoms with Crippen LogP contribution in [0.5, 0.6) is 0 Å². The quantitative estimate of drug-likeness (QED) is 0.834. The molecular weight excluding hydrogens is 218 g/mol. The van der Waals surface area contributed by atoms with E-state index >= 15 is 0 Å². The number of amides is 1. The molecule has 2 rings (SSSR count). The van der Waals surface area contributed by atoms with Crippen molar-refractivity contribution >= 4 is 5.91 Å². The highest BCUT2D eigenvalue weighted by Gasteiger charge is 2.12. The highest BCUT2D eigenvalue weighted by molar-refractivity contribution is 5.94. The molecule has 17 heavy (non-hydrogen) atoms. The Bertz CT molecular complexity index is 540. The number of nitrogens with one attached hydrogen (secondary N) is 1. The third-order valence-corrected chi connectivity index (χ3v) is 2.68. The van der Waals surface area contributed by atoms with Gasteiger partial charge in [-0.3, -0.25) is 14.2 Å². The fraction of sp³-hybridized carbons (Fsp3) is 0.364. The first-order valence-electron chi connectivity index (χ1n) is 5.33. The summed E-state index contributed by atoms with van der Waals surface area (Å²) < 4.78 is 3.38. The van der Waals surface area contributed by atoms with E-state index in [-0.39, 0.29) is 5.91 Å². The van der Waals surface area contributed by atoms with Crippen molar-refractivity contribution in [3.8, 4) is 0 Å². The smallest absolute Gasteiger partial charge is 0.255 e. The van der Waals surface area contributed by atoms with Crippen LogP contribution in [0.3, 0.4) is 0 Å². The zero-order chi connectivity index (χ0) is 12.4. The molecule has 0 unspecified atom stereocenters. The van der Waals surface area contributed by atoms with Gasteiger partial charge in [0.25, 0.3) is 5.91 Å². The summed E-state index contributed by atoms with van der Waals surface area (Å²) in [7, 11) is 3.65. The number of nitrogens with zero attached hydrogens (tertiary/aromatic N) is 4. The molecule has 0 aliphatic carbocycles. The van der Waals surface area contributed by atoms with Crippen LogP contribution in [0.2, 0.25) is 0 Å². The third kappa shape index (κ3) is 2.35. The van der Waals surface area contributed by atoms with Gasteiger partial charge in [-0.2, -0.15) is 10.2 Å². The third-order valence-electron chi connectivity index (χ3n) is 2.68. The lowest BCUT2D eigenvalue weighted by atomic mass is 10.2. The molecule has 0 spiro atoms. The van der Waals surface area contributed by atoms with E-state index in [2.05, 4.69) is 15.5 Å². The second-order valence-corrected chi connectivity index (χ2v) is 3.93. The van der Waals surface area contributed by atoms with E-state index in [1.54, 1.807) is 15.6 Å². The van der Waals surface area contributed by atoms with E-state index in [1.165, 1.54) is 0 Å². The number of aryl methyl sites for hydroxylation is 2. The molecule has 2 aromatic rings. The monoisotopic (exact) mass is 233 g/mol. The van der Waals surface area contributed by atoms with Crippen molar-refractivity contribution in [1.29, 1.82) is 0 Å². The standard InChI is InChI=1S/C11H15N5O/c1-8-10(7-13-16(8)3)11(17)12-6-9-4-5-15(2)14-9/h4-5,7H,6H2,1-3H3,(H,12,17). The number of rotatable bonds is 3. The predicted octanol–water partition coefficient (Wildman–Crippen LogP) is 0.392. The summed E-state index contributed by atoms with van der Waals surface area (Å²) in [5.41, 5.74) is 2.29. The molecule has 1 amide bonds. The minimum atomic E-state index is -0.124. The summed E-state index contributed by atoms with van der Waals surface area (Å²) in [5.74, 6) is -0.124. The topological polar surface area (TPSA) is 64.7 Å². The summed E-state index contributed by atoms with van der Waals surface area (Å²) in [4.78, 5) is 11.9. The van der Waals surface area contributed by atoms with E-state index < -0.39 is 0 Å². The first kappa shape index (κ1) is 11.4. The van der Waals surface area contributed by atoms with E-state index in [0.29, 0.717) is 12.1 Å². The Kier molecular flexibility index (Phi) is 2.95. The summed E-state index contributed by atoms with van der Waals surface area (Å²) in [5, 5.41) is 11.0. The first-order chi connectivity index (χ1) is 8.08. The van der Waals surface area contributed by atoms with Gasteiger partial charge < -0.3 is 5.32 Å². The van der Waals surface area contributed by atoms with Gasteiger partial charge in [0.05, 0.1) is 24.0 Å². The number of aromatic nitrogens is 4. The van der Waals surface area contributed by atoms with Gasteiger partial charge in [-0.05, 0) is 13.0 Å². The average Bonchev–Trinajstić information content (AvgIpc) is 2.84. The maximum Gasteiger partial charge on any atom is 0.255 e. The molecule has 0 atom stereocenters. The van der Waals surface area contributed by atoms with Crippen LogP contribution in [0.4, 0.5) is 0 Å². The fourth-order valence-electron chi connectivity index (χ4n) is 1.55. The van der Waals surface area contributed by atoms with Gasteiger partial charge in [-0.1, -0.05) is 0 Å². The number of hydrogen-bond donors (Lipinski definition) is 1. The molecule has 0 aromatic carbocycles. The largest absolute Gasteiger partial charge is 0.346 e. The highest BCUT2D eigenvalue weighted by atomic mass is 16.1. The lowest BCUT2D eigenvalue weighted by Crippen LogP contribution is -2.23. The second kappa shape index (κ2) is 4.40. The van der Waals surface area contributed by atoms with E-state index in [1.807, 2.05) is 33.3 Å². The van der Waals surface area contributed by atoms with Crippen LogP contribution in [0.25, 0.3) is 0 Å². The summed E-state index contributed by atoms with van der Waals surface area (Å²) >= 11 is 0. The van der Waals surface area contributed by atoms with Crippen molar-refractivity contribution in [3.05, 3.63) is 35.4 Å². The Labute approximate surface area is 99.2 Å². The molecule has 90 valence electrons. The summed E-state index contributed by atoms with van der Waals surface area (Å²) in [6.07, 6.45) is 3.42. The van der Waals surface area contributed by atoms with Crippen LogP contribution in [-0.2, 0) is 20.6 Å². The zero-order valence-corrected chi connectivity index (χ0v) is 10.1. The molecule has 0 aliphatic heterocycles. The van der Waals surface area contributed by atoms with Gasteiger partial charge in [0.2, 0.25) is 0 Å². The SMILES string of the molecule is Cc1c(C(=O)NCc2ccn(C)n2)cnn1C. The van der Waals surface area contributed by atoms with Crippen LogP contribution in [0, 0.1) is 6.92 Å². The molecule has 0 saturated heterocycles. The molecule has 0 fully saturated rings. The zero-order valence-electron chi connectivity index (χ0n) is 10.1. The lowest BCUT2D eigenvalue weighted by molar-refractivity contribution is 0.0949. The number of hydrogen-bond acceptors (Lipinski definition) is 3. The van der Waals surface area contributed by atoms with Crippen molar-refractivity contribution in [1.82, 2.24) is 24.9 Å². The Morgan fingerprint density at radius 1 is 1.47 bits per heavy atom. The molecule has 1 N–H and O–H groups in total. The maximum absolute atomic E-state index is 11.9. The number of carbonyl (C=O) groups is 1. The van der Waals surface area contributed by atoms with Gasteiger partial charge in [0.15, 0.2) is 0 Å². The van der Waals surface area contributed by atoms with E-state index in [4.69, 9.17) is 0 Å². The van der Waals surface area contributed by atoms with Crippen molar-refractivity contribution in [2.24, 2.45) is 14.1 Å². The molecule has 0 bridgehead atoms. The first-order valence-corrected chi connectivity index (χ1v) is 5.33. The molecule has 0 saturated carbocycles. The van der Waals surface area contributed by atoms with Crippen LogP contribution in [0.1, 0.15) is 21.7 Å². The van der Waals surface area contributed by atoms with Crippen LogP contribution in [-0.4, -0.2) is 25.5 Å². The number of carbonyl (C=O) groups excluding carboxylic acids is 1. The minimum absolute atomic E-state index is 0.124. The van der Waals surface area contributed by atoms with Gasteiger partial charge in [-0.25, -0.2) is 0 Å². The van der Waals surface area contributed by atoms with E-state index in [9.17, 15) is 4.79 Å². The van der Waals surface area contributed by atoms with Gasteiger partial charge in [0, 0.05) is 26.0 Å². The van der Waals surface area contributed by atoms with Crippen molar-refractivity contribution < 1.29 is 4.79 Å². The Morgan fingerprint density at radius 3 is 2.76 bits per heavy atom. The maximum atomic E-state index is 11.9. The summed E-state index contributed by atoms with van der Waals surface area (Å²) in [6.45, 7) is 2.29. The van der Waals surface area contributed by atoms with E-state index in [0.717, 1.165) is 11.4 Å². The Hall–Kier alpha value is -2.11. The van der Waals surface area contributed by atoms with Crippen LogP contribution in [0.15, 0.2) is 18.5 Å². The van der Waals surface area contributed by atoms with Crippen molar-refractivity contribution in [3.63, 3.8) is 0 Å². The highest BCUT2D eigenvalue weighted by Crippen LogP contribution is 2.05. The normalized spacial score (nSPS) is 10.5. The Balaban J connectivity index is 2.00. The van der Waals surface area contributed by atoms with Crippen LogP contribution >= 0.6 is 0 Å².